The Morgan fingerprint density at radius 2 is 1.73 bits per heavy atom. The zero-order valence-electron chi connectivity index (χ0n) is 12.1. The van der Waals surface area contributed by atoms with E-state index in [-0.39, 0.29) is 18.5 Å². The second-order valence-electron chi connectivity index (χ2n) is 5.10. The lowest BCUT2D eigenvalue weighted by atomic mass is 10.2. The minimum atomic E-state index is -0.382. The van der Waals surface area contributed by atoms with E-state index in [1.165, 1.54) is 5.56 Å². The van der Waals surface area contributed by atoms with Gasteiger partial charge in [0, 0.05) is 17.9 Å². The van der Waals surface area contributed by atoms with Gasteiger partial charge in [0.05, 0.1) is 6.54 Å². The number of hydrogen-bond acceptors (Lipinski definition) is 2. The van der Waals surface area contributed by atoms with Gasteiger partial charge in [-0.05, 0) is 30.2 Å². The predicted octanol–water partition coefficient (Wildman–Crippen LogP) is 2.40. The number of benzene rings is 2. The molecule has 0 radical (unpaired) electrons. The van der Waals surface area contributed by atoms with Crippen molar-refractivity contribution in [1.82, 2.24) is 5.32 Å². The van der Waals surface area contributed by atoms with E-state index in [9.17, 15) is 9.59 Å². The van der Waals surface area contributed by atoms with Gasteiger partial charge in [-0.2, -0.15) is 0 Å². The lowest BCUT2D eigenvalue weighted by molar-refractivity contribution is -0.117. The van der Waals surface area contributed by atoms with Gasteiger partial charge in [-0.1, -0.05) is 36.4 Å². The summed E-state index contributed by atoms with van der Waals surface area (Å²) in [6, 6.07) is 16.6. The highest BCUT2D eigenvalue weighted by Crippen LogP contribution is 2.27. The molecule has 3 rings (SSSR count). The standard InChI is InChI=1S/C17H17N3O2/c21-16(20-11-10-13-6-4-5-9-15(13)20)12-18-17(22)19-14-7-2-1-3-8-14/h1-9H,10-12H2,(H2,18,19,22). The zero-order chi connectivity index (χ0) is 15.4. The van der Waals surface area contributed by atoms with Gasteiger partial charge >= 0.3 is 6.03 Å². The van der Waals surface area contributed by atoms with Crippen molar-refractivity contribution in [2.24, 2.45) is 0 Å². The van der Waals surface area contributed by atoms with Crippen LogP contribution in [0.3, 0.4) is 0 Å². The molecule has 0 aliphatic carbocycles. The van der Waals surface area contributed by atoms with Crippen LogP contribution in [0.15, 0.2) is 54.6 Å². The fourth-order valence-electron chi connectivity index (χ4n) is 2.55. The van der Waals surface area contributed by atoms with Gasteiger partial charge < -0.3 is 15.5 Å². The summed E-state index contributed by atoms with van der Waals surface area (Å²) in [6.07, 6.45) is 0.859. The maximum Gasteiger partial charge on any atom is 0.319 e. The van der Waals surface area contributed by atoms with Crippen LogP contribution in [0, 0.1) is 0 Å². The van der Waals surface area contributed by atoms with Crippen molar-refractivity contribution in [3.63, 3.8) is 0 Å². The van der Waals surface area contributed by atoms with Crippen molar-refractivity contribution in [2.45, 2.75) is 6.42 Å². The Morgan fingerprint density at radius 1 is 1.00 bits per heavy atom. The Hall–Kier alpha value is -2.82. The van der Waals surface area contributed by atoms with Gasteiger partial charge in [-0.15, -0.1) is 0 Å². The number of urea groups is 1. The van der Waals surface area contributed by atoms with Crippen molar-refractivity contribution < 1.29 is 9.59 Å². The quantitative estimate of drug-likeness (QED) is 0.913. The number of anilines is 2. The number of nitrogens with one attached hydrogen (secondary N) is 2. The first-order valence-corrected chi connectivity index (χ1v) is 7.22. The molecule has 1 heterocycles. The summed E-state index contributed by atoms with van der Waals surface area (Å²) in [4.78, 5) is 25.8. The fourth-order valence-corrected chi connectivity index (χ4v) is 2.55. The number of carbonyl (C=O) groups is 2. The van der Waals surface area contributed by atoms with Gasteiger partial charge in [0.15, 0.2) is 0 Å². The first kappa shape index (κ1) is 14.1. The van der Waals surface area contributed by atoms with E-state index >= 15 is 0 Å². The lowest BCUT2D eigenvalue weighted by Gasteiger charge is -2.17. The summed E-state index contributed by atoms with van der Waals surface area (Å²) in [5, 5.41) is 5.28. The second kappa shape index (κ2) is 6.30. The average molecular weight is 295 g/mol. The smallest absolute Gasteiger partial charge is 0.319 e. The lowest BCUT2D eigenvalue weighted by Crippen LogP contribution is -2.41. The zero-order valence-corrected chi connectivity index (χ0v) is 12.1. The molecule has 5 nitrogen and oxygen atoms in total. The number of para-hydroxylation sites is 2. The van der Waals surface area contributed by atoms with Crippen molar-refractivity contribution >= 4 is 23.3 Å². The molecule has 2 aromatic carbocycles. The van der Waals surface area contributed by atoms with Crippen molar-refractivity contribution in [3.8, 4) is 0 Å². The molecule has 112 valence electrons. The molecule has 22 heavy (non-hydrogen) atoms. The largest absolute Gasteiger partial charge is 0.329 e. The van der Waals surface area contributed by atoms with Crippen molar-refractivity contribution in [3.05, 3.63) is 60.2 Å². The second-order valence-corrected chi connectivity index (χ2v) is 5.10. The third-order valence-corrected chi connectivity index (χ3v) is 3.62. The molecule has 0 atom stereocenters. The monoisotopic (exact) mass is 295 g/mol. The summed E-state index contributed by atoms with van der Waals surface area (Å²) in [5.74, 6) is -0.104. The maximum absolute atomic E-state index is 12.2. The summed E-state index contributed by atoms with van der Waals surface area (Å²) in [6.45, 7) is 0.646. The highest BCUT2D eigenvalue weighted by atomic mass is 16.2. The number of carbonyl (C=O) groups excluding carboxylic acids is 2. The molecule has 0 aromatic heterocycles. The molecule has 0 fully saturated rings. The first-order chi connectivity index (χ1) is 10.7. The van der Waals surface area contributed by atoms with Crippen LogP contribution in [0.5, 0.6) is 0 Å². The van der Waals surface area contributed by atoms with E-state index in [0.29, 0.717) is 12.2 Å². The van der Waals surface area contributed by atoms with Crippen molar-refractivity contribution in [2.75, 3.05) is 23.3 Å². The minimum Gasteiger partial charge on any atom is -0.329 e. The minimum absolute atomic E-state index is 0.0208. The van der Waals surface area contributed by atoms with E-state index < -0.39 is 0 Å². The van der Waals surface area contributed by atoms with Gasteiger partial charge in [0.1, 0.15) is 0 Å². The molecule has 3 amide bonds. The molecule has 5 heteroatoms. The molecule has 2 N–H and O–H groups in total. The third kappa shape index (κ3) is 3.09. The molecular formula is C17H17N3O2. The van der Waals surface area contributed by atoms with Crippen LogP contribution >= 0.6 is 0 Å². The molecule has 0 unspecified atom stereocenters. The van der Waals surface area contributed by atoms with Crippen LogP contribution in [-0.2, 0) is 11.2 Å². The van der Waals surface area contributed by atoms with Gasteiger partial charge in [0.25, 0.3) is 0 Å². The normalized spacial score (nSPS) is 12.6. The van der Waals surface area contributed by atoms with Crippen LogP contribution in [-0.4, -0.2) is 25.0 Å². The van der Waals surface area contributed by atoms with Crippen LogP contribution in [0.4, 0.5) is 16.2 Å². The van der Waals surface area contributed by atoms with E-state index in [1.807, 2.05) is 42.5 Å². The Labute approximate surface area is 128 Å². The molecule has 0 saturated carbocycles. The van der Waals surface area contributed by atoms with E-state index in [1.54, 1.807) is 17.0 Å². The summed E-state index contributed by atoms with van der Waals surface area (Å²) >= 11 is 0. The molecule has 2 aromatic rings. The number of hydrogen-bond donors (Lipinski definition) is 2. The first-order valence-electron chi connectivity index (χ1n) is 7.22. The third-order valence-electron chi connectivity index (χ3n) is 3.62. The number of nitrogens with zero attached hydrogens (tertiary/aromatic N) is 1. The van der Waals surface area contributed by atoms with Crippen LogP contribution < -0.4 is 15.5 Å². The Balaban J connectivity index is 1.54. The van der Waals surface area contributed by atoms with Crippen LogP contribution in [0.2, 0.25) is 0 Å². The van der Waals surface area contributed by atoms with Crippen LogP contribution in [0.1, 0.15) is 5.56 Å². The molecule has 1 aliphatic heterocycles. The molecular weight excluding hydrogens is 278 g/mol. The SMILES string of the molecule is O=C(NCC(=O)N1CCc2ccccc21)Nc1ccccc1. The van der Waals surface area contributed by atoms with Gasteiger partial charge in [0.2, 0.25) is 5.91 Å². The number of amides is 3. The molecule has 1 aliphatic rings. The maximum atomic E-state index is 12.2. The summed E-state index contributed by atoms with van der Waals surface area (Å²) < 4.78 is 0. The summed E-state index contributed by atoms with van der Waals surface area (Å²) in [7, 11) is 0. The predicted molar refractivity (Wildman–Crippen MR) is 86.0 cm³/mol. The average Bonchev–Trinajstić information content (AvgIpc) is 2.98. The fraction of sp³-hybridized carbons (Fsp3) is 0.176. The van der Waals surface area contributed by atoms with Crippen LogP contribution in [0.25, 0.3) is 0 Å². The topological polar surface area (TPSA) is 61.4 Å². The van der Waals surface area contributed by atoms with E-state index in [4.69, 9.17) is 0 Å². The van der Waals surface area contributed by atoms with Crippen molar-refractivity contribution in [1.29, 1.82) is 0 Å². The van der Waals surface area contributed by atoms with Gasteiger partial charge in [-0.3, -0.25) is 4.79 Å². The summed E-state index contributed by atoms with van der Waals surface area (Å²) in [5.41, 5.74) is 2.81. The molecule has 0 saturated heterocycles. The Kier molecular flexibility index (Phi) is 4.05. The highest BCUT2D eigenvalue weighted by molar-refractivity contribution is 5.99. The Bertz CT molecular complexity index is 685. The molecule has 0 spiro atoms. The molecule has 0 bridgehead atoms. The van der Waals surface area contributed by atoms with Gasteiger partial charge in [-0.25, -0.2) is 4.79 Å². The Morgan fingerprint density at radius 3 is 2.55 bits per heavy atom. The van der Waals surface area contributed by atoms with E-state index in [0.717, 1.165) is 12.1 Å². The van der Waals surface area contributed by atoms with E-state index in [2.05, 4.69) is 10.6 Å². The number of fused-ring (bicyclic) bond motifs is 1. The highest BCUT2D eigenvalue weighted by Gasteiger charge is 2.23. The number of rotatable bonds is 3.